The third-order valence-corrected chi connectivity index (χ3v) is 8.74. The van der Waals surface area contributed by atoms with Gasteiger partial charge in [-0.05, 0) is 32.1 Å². The Balaban J connectivity index is 3.71. The molecule has 0 aliphatic rings. The molecule has 1 amide bonds. The maximum Gasteiger partial charge on any atom is 0.222 e. The van der Waals surface area contributed by atoms with Gasteiger partial charge in [0.1, 0.15) is 0 Å². The molecule has 0 aliphatic heterocycles. The van der Waals surface area contributed by atoms with Gasteiger partial charge < -0.3 is 20.6 Å². The molecule has 0 saturated heterocycles. The molecule has 5 nitrogen and oxygen atoms in total. The number of amides is 1. The SMILES string of the molecule is CCCCCCCCCCCCCCCCC/C=C/CC/C=C/C(O)C(CO)NC(=O)CC(O)CCCCCCCCCC. The standard InChI is InChI=1S/C39H75NO4/c1-3-5-7-9-11-13-14-15-16-17-18-19-20-21-22-23-24-25-27-29-31-33-38(43)37(35-41)40-39(44)34-36(42)32-30-28-26-12-10-8-6-4-2/h24-25,31,33,36-38,41-43H,3-23,26-30,32,34-35H2,1-2H3,(H,40,44)/b25-24+,33-31+. The summed E-state index contributed by atoms with van der Waals surface area (Å²) in [5, 5.41) is 32.9. The van der Waals surface area contributed by atoms with Gasteiger partial charge in [-0.15, -0.1) is 0 Å². The van der Waals surface area contributed by atoms with Crippen LogP contribution in [0.1, 0.15) is 194 Å². The summed E-state index contributed by atoms with van der Waals surface area (Å²) in [6, 6.07) is -0.755. The fourth-order valence-electron chi connectivity index (χ4n) is 5.77. The highest BCUT2D eigenvalue weighted by Gasteiger charge is 2.20. The zero-order valence-electron chi connectivity index (χ0n) is 29.3. The van der Waals surface area contributed by atoms with Crippen molar-refractivity contribution in [2.75, 3.05) is 6.61 Å². The average molecular weight is 622 g/mol. The number of rotatable bonds is 34. The van der Waals surface area contributed by atoms with Gasteiger partial charge in [0.15, 0.2) is 0 Å². The van der Waals surface area contributed by atoms with Crippen molar-refractivity contribution in [3.8, 4) is 0 Å². The van der Waals surface area contributed by atoms with Crippen LogP contribution in [0.4, 0.5) is 0 Å². The van der Waals surface area contributed by atoms with Gasteiger partial charge in [-0.2, -0.15) is 0 Å². The van der Waals surface area contributed by atoms with Gasteiger partial charge in [0.2, 0.25) is 5.91 Å². The van der Waals surface area contributed by atoms with Crippen LogP contribution in [-0.2, 0) is 4.79 Å². The zero-order chi connectivity index (χ0) is 32.4. The van der Waals surface area contributed by atoms with E-state index in [4.69, 9.17) is 0 Å². The molecular weight excluding hydrogens is 546 g/mol. The van der Waals surface area contributed by atoms with E-state index in [1.165, 1.54) is 135 Å². The molecule has 3 atom stereocenters. The first-order valence-electron chi connectivity index (χ1n) is 19.1. The Labute approximate surface area is 273 Å². The van der Waals surface area contributed by atoms with Crippen molar-refractivity contribution in [3.05, 3.63) is 24.3 Å². The smallest absolute Gasteiger partial charge is 0.222 e. The van der Waals surface area contributed by atoms with E-state index in [9.17, 15) is 20.1 Å². The van der Waals surface area contributed by atoms with E-state index in [1.807, 2.05) is 6.08 Å². The minimum Gasteiger partial charge on any atom is -0.394 e. The molecular formula is C39H75NO4. The third kappa shape index (κ3) is 30.8. The molecule has 0 bridgehead atoms. The second-order valence-corrected chi connectivity index (χ2v) is 13.2. The Kier molecular flexibility index (Phi) is 33.8. The molecule has 0 spiro atoms. The molecule has 0 aromatic rings. The average Bonchev–Trinajstić information content (AvgIpc) is 3.01. The van der Waals surface area contributed by atoms with E-state index < -0.39 is 18.2 Å². The van der Waals surface area contributed by atoms with Crippen LogP contribution in [0, 0.1) is 0 Å². The number of unbranched alkanes of at least 4 members (excludes halogenated alkanes) is 23. The highest BCUT2D eigenvalue weighted by Crippen LogP contribution is 2.14. The summed E-state index contributed by atoms with van der Waals surface area (Å²) in [5.74, 6) is -0.328. The molecule has 0 radical (unpaired) electrons. The van der Waals surface area contributed by atoms with Crippen LogP contribution < -0.4 is 5.32 Å². The highest BCUT2D eigenvalue weighted by molar-refractivity contribution is 5.76. The Hall–Kier alpha value is -1.17. The molecule has 0 rings (SSSR count). The molecule has 0 fully saturated rings. The molecule has 3 unspecified atom stereocenters. The van der Waals surface area contributed by atoms with Gasteiger partial charge in [-0.1, -0.05) is 179 Å². The van der Waals surface area contributed by atoms with E-state index in [0.717, 1.165) is 32.1 Å². The van der Waals surface area contributed by atoms with E-state index in [2.05, 4.69) is 31.3 Å². The third-order valence-electron chi connectivity index (χ3n) is 8.74. The Morgan fingerprint density at radius 3 is 1.45 bits per heavy atom. The maximum absolute atomic E-state index is 12.3. The zero-order valence-corrected chi connectivity index (χ0v) is 29.3. The fraction of sp³-hybridized carbons (Fsp3) is 0.872. The lowest BCUT2D eigenvalue weighted by Gasteiger charge is -2.21. The van der Waals surface area contributed by atoms with Crippen LogP contribution in [0.15, 0.2) is 24.3 Å². The first-order chi connectivity index (χ1) is 21.5. The number of allylic oxidation sites excluding steroid dienone is 3. The number of nitrogens with one attached hydrogen (secondary N) is 1. The number of aliphatic hydroxyl groups is 3. The summed E-state index contributed by atoms with van der Waals surface area (Å²) in [4.78, 5) is 12.3. The monoisotopic (exact) mass is 622 g/mol. The summed E-state index contributed by atoms with van der Waals surface area (Å²) in [5.41, 5.74) is 0. The van der Waals surface area contributed by atoms with Crippen molar-refractivity contribution in [1.29, 1.82) is 0 Å². The van der Waals surface area contributed by atoms with Crippen molar-refractivity contribution in [2.45, 2.75) is 212 Å². The van der Waals surface area contributed by atoms with Crippen molar-refractivity contribution < 1.29 is 20.1 Å². The van der Waals surface area contributed by atoms with Crippen molar-refractivity contribution in [1.82, 2.24) is 5.32 Å². The lowest BCUT2D eigenvalue weighted by Crippen LogP contribution is -2.45. The van der Waals surface area contributed by atoms with Crippen LogP contribution >= 0.6 is 0 Å². The topological polar surface area (TPSA) is 89.8 Å². The molecule has 0 aromatic carbocycles. The normalized spacial score (nSPS) is 14.0. The van der Waals surface area contributed by atoms with E-state index in [1.54, 1.807) is 6.08 Å². The summed E-state index contributed by atoms with van der Waals surface area (Å²) in [6.45, 7) is 4.16. The molecule has 0 heterocycles. The lowest BCUT2D eigenvalue weighted by atomic mass is 10.0. The van der Waals surface area contributed by atoms with Crippen LogP contribution in [0.2, 0.25) is 0 Å². The van der Waals surface area contributed by atoms with Crippen LogP contribution in [-0.4, -0.2) is 46.1 Å². The predicted molar refractivity (Wildman–Crippen MR) is 190 cm³/mol. The Bertz CT molecular complexity index is 650. The second-order valence-electron chi connectivity index (χ2n) is 13.2. The van der Waals surface area contributed by atoms with E-state index in [0.29, 0.717) is 6.42 Å². The molecule has 0 aliphatic carbocycles. The number of carbonyl (C=O) groups excluding carboxylic acids is 1. The molecule has 5 heteroatoms. The summed E-state index contributed by atoms with van der Waals surface area (Å²) in [6.07, 6.45) is 40.4. The molecule has 0 aromatic heterocycles. The van der Waals surface area contributed by atoms with Gasteiger partial charge in [0, 0.05) is 0 Å². The Morgan fingerprint density at radius 2 is 0.977 bits per heavy atom. The number of carbonyl (C=O) groups is 1. The number of hydrogen-bond donors (Lipinski definition) is 4. The maximum atomic E-state index is 12.3. The van der Waals surface area contributed by atoms with Crippen molar-refractivity contribution in [2.24, 2.45) is 0 Å². The molecule has 260 valence electrons. The van der Waals surface area contributed by atoms with Crippen LogP contribution in [0.25, 0.3) is 0 Å². The van der Waals surface area contributed by atoms with Gasteiger partial charge in [0.25, 0.3) is 0 Å². The minimum absolute atomic E-state index is 0.00753. The second kappa shape index (κ2) is 34.7. The summed E-state index contributed by atoms with van der Waals surface area (Å²) in [7, 11) is 0. The quantitative estimate of drug-likeness (QED) is 0.0425. The van der Waals surface area contributed by atoms with Crippen molar-refractivity contribution >= 4 is 5.91 Å². The predicted octanol–water partition coefficient (Wildman–Crippen LogP) is 10.3. The van der Waals surface area contributed by atoms with Gasteiger partial charge in [0.05, 0.1) is 31.3 Å². The Morgan fingerprint density at radius 1 is 0.568 bits per heavy atom. The minimum atomic E-state index is -0.946. The lowest BCUT2D eigenvalue weighted by molar-refractivity contribution is -0.124. The summed E-state index contributed by atoms with van der Waals surface area (Å²) < 4.78 is 0. The van der Waals surface area contributed by atoms with Gasteiger partial charge >= 0.3 is 0 Å². The van der Waals surface area contributed by atoms with E-state index >= 15 is 0 Å². The number of aliphatic hydroxyl groups excluding tert-OH is 3. The van der Waals surface area contributed by atoms with E-state index in [-0.39, 0.29) is 18.9 Å². The van der Waals surface area contributed by atoms with Crippen LogP contribution in [0.3, 0.4) is 0 Å². The molecule has 0 saturated carbocycles. The van der Waals surface area contributed by atoms with Gasteiger partial charge in [-0.25, -0.2) is 0 Å². The van der Waals surface area contributed by atoms with Crippen molar-refractivity contribution in [3.63, 3.8) is 0 Å². The number of hydrogen-bond acceptors (Lipinski definition) is 4. The van der Waals surface area contributed by atoms with Gasteiger partial charge in [-0.3, -0.25) is 4.79 Å². The first kappa shape index (κ1) is 42.8. The summed E-state index contributed by atoms with van der Waals surface area (Å²) >= 11 is 0. The highest BCUT2D eigenvalue weighted by atomic mass is 16.3. The molecule has 44 heavy (non-hydrogen) atoms. The first-order valence-corrected chi connectivity index (χ1v) is 19.1. The largest absolute Gasteiger partial charge is 0.394 e. The fourth-order valence-corrected chi connectivity index (χ4v) is 5.77. The molecule has 4 N–H and O–H groups in total. The van der Waals surface area contributed by atoms with Crippen LogP contribution in [0.5, 0.6) is 0 Å².